The molecular weight excluding hydrogens is 216 g/mol. The van der Waals surface area contributed by atoms with Crippen molar-refractivity contribution in [1.82, 2.24) is 0 Å². The summed E-state index contributed by atoms with van der Waals surface area (Å²) >= 11 is 0. The van der Waals surface area contributed by atoms with Crippen molar-refractivity contribution in [2.75, 3.05) is 19.8 Å². The summed E-state index contributed by atoms with van der Waals surface area (Å²) < 4.78 is 10.9. The maximum absolute atomic E-state index is 10.3. The first-order valence-corrected chi connectivity index (χ1v) is 5.95. The molecule has 2 rings (SSSR count). The number of ether oxygens (including phenoxy) is 2. The SMILES string of the molecule is CC1(COc2ccc(CCC=O)cc2)COC1. The van der Waals surface area contributed by atoms with Crippen LogP contribution in [0.15, 0.2) is 24.3 Å². The van der Waals surface area contributed by atoms with E-state index in [1.807, 2.05) is 24.3 Å². The zero-order valence-electron chi connectivity index (χ0n) is 10.1. The second-order valence-electron chi connectivity index (χ2n) is 4.94. The van der Waals surface area contributed by atoms with Crippen LogP contribution in [0.1, 0.15) is 18.9 Å². The predicted molar refractivity (Wildman–Crippen MR) is 65.2 cm³/mol. The van der Waals surface area contributed by atoms with Crippen molar-refractivity contribution in [2.45, 2.75) is 19.8 Å². The third-order valence-electron chi connectivity index (χ3n) is 2.96. The van der Waals surface area contributed by atoms with Gasteiger partial charge in [0.25, 0.3) is 0 Å². The lowest BCUT2D eigenvalue weighted by atomic mass is 9.90. The molecule has 0 amide bonds. The van der Waals surface area contributed by atoms with Crippen LogP contribution in [0.2, 0.25) is 0 Å². The highest BCUT2D eigenvalue weighted by Gasteiger charge is 2.34. The van der Waals surface area contributed by atoms with Gasteiger partial charge < -0.3 is 14.3 Å². The van der Waals surface area contributed by atoms with Crippen LogP contribution in [0.5, 0.6) is 5.75 Å². The standard InChI is InChI=1S/C14H18O3/c1-14(9-16-10-14)11-17-13-6-4-12(5-7-13)3-2-8-15/h4-8H,2-3,9-11H2,1H3. The Labute approximate surface area is 102 Å². The van der Waals surface area contributed by atoms with E-state index in [-0.39, 0.29) is 5.41 Å². The lowest BCUT2D eigenvalue weighted by Gasteiger charge is -2.37. The Morgan fingerprint density at radius 3 is 2.59 bits per heavy atom. The molecule has 1 aromatic carbocycles. The van der Waals surface area contributed by atoms with Gasteiger partial charge in [0.15, 0.2) is 0 Å². The molecule has 1 aliphatic rings. The topological polar surface area (TPSA) is 35.5 Å². The molecule has 0 radical (unpaired) electrons. The normalized spacial score (nSPS) is 17.2. The van der Waals surface area contributed by atoms with Gasteiger partial charge in [0, 0.05) is 11.8 Å². The fourth-order valence-electron chi connectivity index (χ4n) is 1.77. The van der Waals surface area contributed by atoms with Gasteiger partial charge in [0.1, 0.15) is 12.0 Å². The highest BCUT2D eigenvalue weighted by molar-refractivity contribution is 5.50. The Balaban J connectivity index is 1.82. The zero-order chi connectivity index (χ0) is 12.1. The van der Waals surface area contributed by atoms with E-state index in [0.29, 0.717) is 13.0 Å². The smallest absolute Gasteiger partial charge is 0.120 e. The van der Waals surface area contributed by atoms with Crippen molar-refractivity contribution in [3.8, 4) is 5.75 Å². The molecule has 0 spiro atoms. The molecule has 0 bridgehead atoms. The lowest BCUT2D eigenvalue weighted by Crippen LogP contribution is -2.44. The van der Waals surface area contributed by atoms with E-state index < -0.39 is 0 Å². The molecule has 3 heteroatoms. The van der Waals surface area contributed by atoms with E-state index in [0.717, 1.165) is 31.7 Å². The number of aryl methyl sites for hydroxylation is 1. The van der Waals surface area contributed by atoms with Gasteiger partial charge in [0.05, 0.1) is 19.8 Å². The summed E-state index contributed by atoms with van der Waals surface area (Å²) in [6, 6.07) is 7.95. The Hall–Kier alpha value is -1.35. The minimum Gasteiger partial charge on any atom is -0.493 e. The first-order chi connectivity index (χ1) is 8.22. The molecule has 0 aliphatic carbocycles. The summed E-state index contributed by atoms with van der Waals surface area (Å²) in [5.74, 6) is 0.882. The highest BCUT2D eigenvalue weighted by Crippen LogP contribution is 2.27. The van der Waals surface area contributed by atoms with Gasteiger partial charge in [-0.3, -0.25) is 0 Å². The van der Waals surface area contributed by atoms with Crippen molar-refractivity contribution in [1.29, 1.82) is 0 Å². The number of rotatable bonds is 6. The Morgan fingerprint density at radius 2 is 2.06 bits per heavy atom. The molecule has 92 valence electrons. The fourth-order valence-corrected chi connectivity index (χ4v) is 1.77. The van der Waals surface area contributed by atoms with Crippen molar-refractivity contribution in [2.24, 2.45) is 5.41 Å². The molecular formula is C14H18O3. The minimum atomic E-state index is 0.177. The quantitative estimate of drug-likeness (QED) is 0.708. The monoisotopic (exact) mass is 234 g/mol. The molecule has 17 heavy (non-hydrogen) atoms. The van der Waals surface area contributed by atoms with Gasteiger partial charge in [0.2, 0.25) is 0 Å². The summed E-state index contributed by atoms with van der Waals surface area (Å²) in [4.78, 5) is 10.3. The molecule has 1 heterocycles. The van der Waals surface area contributed by atoms with Crippen LogP contribution in [0, 0.1) is 5.41 Å². The van der Waals surface area contributed by atoms with Crippen LogP contribution in [-0.4, -0.2) is 26.1 Å². The molecule has 1 aliphatic heterocycles. The Morgan fingerprint density at radius 1 is 1.35 bits per heavy atom. The van der Waals surface area contributed by atoms with Gasteiger partial charge in [-0.05, 0) is 24.1 Å². The van der Waals surface area contributed by atoms with E-state index in [9.17, 15) is 4.79 Å². The second-order valence-corrected chi connectivity index (χ2v) is 4.94. The average Bonchev–Trinajstić information content (AvgIpc) is 2.33. The van der Waals surface area contributed by atoms with Gasteiger partial charge in [-0.25, -0.2) is 0 Å². The average molecular weight is 234 g/mol. The molecule has 0 saturated carbocycles. The third kappa shape index (κ3) is 3.30. The van der Waals surface area contributed by atoms with Crippen molar-refractivity contribution in [3.63, 3.8) is 0 Å². The summed E-state index contributed by atoms with van der Waals surface area (Å²) in [7, 11) is 0. The first-order valence-electron chi connectivity index (χ1n) is 5.95. The van der Waals surface area contributed by atoms with E-state index in [1.165, 1.54) is 5.56 Å². The third-order valence-corrected chi connectivity index (χ3v) is 2.96. The maximum atomic E-state index is 10.3. The van der Waals surface area contributed by atoms with Crippen LogP contribution in [0.4, 0.5) is 0 Å². The molecule has 0 aromatic heterocycles. The predicted octanol–water partition coefficient (Wildman–Crippen LogP) is 2.23. The largest absolute Gasteiger partial charge is 0.493 e. The summed E-state index contributed by atoms with van der Waals surface area (Å²) in [6.07, 6.45) is 2.33. The van der Waals surface area contributed by atoms with E-state index in [4.69, 9.17) is 9.47 Å². The Kier molecular flexibility index (Phi) is 3.79. The van der Waals surface area contributed by atoms with Gasteiger partial charge in [-0.1, -0.05) is 19.1 Å². The van der Waals surface area contributed by atoms with Crippen molar-refractivity contribution in [3.05, 3.63) is 29.8 Å². The number of benzene rings is 1. The first kappa shape index (κ1) is 12.1. The van der Waals surface area contributed by atoms with Crippen LogP contribution < -0.4 is 4.74 Å². The number of carbonyl (C=O) groups excluding carboxylic acids is 1. The molecule has 0 N–H and O–H groups in total. The van der Waals surface area contributed by atoms with Crippen LogP contribution in [-0.2, 0) is 16.0 Å². The molecule has 1 saturated heterocycles. The van der Waals surface area contributed by atoms with Gasteiger partial charge >= 0.3 is 0 Å². The van der Waals surface area contributed by atoms with Crippen LogP contribution in [0.25, 0.3) is 0 Å². The summed E-state index contributed by atoms with van der Waals surface area (Å²) in [5, 5.41) is 0. The number of hydrogen-bond donors (Lipinski definition) is 0. The number of aldehydes is 1. The molecule has 1 fully saturated rings. The molecule has 1 aromatic rings. The van der Waals surface area contributed by atoms with Gasteiger partial charge in [-0.2, -0.15) is 0 Å². The lowest BCUT2D eigenvalue weighted by molar-refractivity contribution is -0.120. The maximum Gasteiger partial charge on any atom is 0.120 e. The molecule has 0 atom stereocenters. The van der Waals surface area contributed by atoms with Crippen molar-refractivity contribution < 1.29 is 14.3 Å². The zero-order valence-corrected chi connectivity index (χ0v) is 10.1. The number of hydrogen-bond acceptors (Lipinski definition) is 3. The highest BCUT2D eigenvalue weighted by atomic mass is 16.5. The molecule has 3 nitrogen and oxygen atoms in total. The fraction of sp³-hybridized carbons (Fsp3) is 0.500. The second kappa shape index (κ2) is 5.32. The van der Waals surface area contributed by atoms with Crippen LogP contribution in [0.3, 0.4) is 0 Å². The van der Waals surface area contributed by atoms with E-state index in [2.05, 4.69) is 6.92 Å². The number of carbonyl (C=O) groups is 1. The minimum absolute atomic E-state index is 0.177. The van der Waals surface area contributed by atoms with E-state index >= 15 is 0 Å². The summed E-state index contributed by atoms with van der Waals surface area (Å²) in [6.45, 7) is 4.42. The molecule has 0 unspecified atom stereocenters. The van der Waals surface area contributed by atoms with Crippen LogP contribution >= 0.6 is 0 Å². The summed E-state index contributed by atoms with van der Waals surface area (Å²) in [5.41, 5.74) is 1.35. The Bertz CT molecular complexity index is 366. The van der Waals surface area contributed by atoms with E-state index in [1.54, 1.807) is 0 Å². The van der Waals surface area contributed by atoms with Gasteiger partial charge in [-0.15, -0.1) is 0 Å². The van der Waals surface area contributed by atoms with Crippen molar-refractivity contribution >= 4 is 6.29 Å².